The molecule has 29 heavy (non-hydrogen) atoms. The monoisotopic (exact) mass is 398 g/mol. The van der Waals surface area contributed by atoms with Gasteiger partial charge in [-0.25, -0.2) is 4.39 Å². The Labute approximate surface area is 171 Å². The third-order valence-electron chi connectivity index (χ3n) is 5.94. The summed E-state index contributed by atoms with van der Waals surface area (Å²) in [5.41, 5.74) is 2.17. The fourth-order valence-corrected chi connectivity index (χ4v) is 4.10. The number of carbonyl (C=O) groups excluding carboxylic acids is 1. The lowest BCUT2D eigenvalue weighted by molar-refractivity contribution is -0.917. The molecule has 2 aromatic carbocycles. The van der Waals surface area contributed by atoms with Crippen molar-refractivity contribution in [1.29, 1.82) is 0 Å². The molecule has 2 fully saturated rings. The minimum absolute atomic E-state index is 0.216. The highest BCUT2D eigenvalue weighted by atomic mass is 19.1. The Hall–Kier alpha value is -2.60. The van der Waals surface area contributed by atoms with E-state index < -0.39 is 0 Å². The van der Waals surface area contributed by atoms with Crippen molar-refractivity contribution in [2.24, 2.45) is 0 Å². The zero-order valence-electron chi connectivity index (χ0n) is 16.9. The second-order valence-corrected chi connectivity index (χ2v) is 7.95. The van der Waals surface area contributed by atoms with E-state index in [1.165, 1.54) is 29.9 Å². The van der Waals surface area contributed by atoms with Crippen LogP contribution in [-0.2, 0) is 11.3 Å². The van der Waals surface area contributed by atoms with E-state index in [4.69, 9.17) is 4.74 Å². The van der Waals surface area contributed by atoms with Crippen LogP contribution in [0.4, 0.5) is 10.1 Å². The van der Waals surface area contributed by atoms with Gasteiger partial charge >= 0.3 is 0 Å². The summed E-state index contributed by atoms with van der Waals surface area (Å²) in [5.74, 6) is 0.871. The van der Waals surface area contributed by atoms with Crippen LogP contribution in [0.3, 0.4) is 0 Å². The van der Waals surface area contributed by atoms with E-state index in [2.05, 4.69) is 11.0 Å². The van der Waals surface area contributed by atoms with Crippen molar-refractivity contribution < 1.29 is 18.8 Å². The molecule has 2 aliphatic rings. The van der Waals surface area contributed by atoms with Gasteiger partial charge in [-0.2, -0.15) is 0 Å². The molecule has 0 spiro atoms. The molecular weight excluding hydrogens is 369 g/mol. The lowest BCUT2D eigenvalue weighted by atomic mass is 10.2. The number of hydrogen-bond donors (Lipinski definition) is 1. The normalized spacial score (nSPS) is 17.9. The van der Waals surface area contributed by atoms with Gasteiger partial charge in [0.2, 0.25) is 0 Å². The molecule has 1 saturated carbocycles. The zero-order valence-corrected chi connectivity index (χ0v) is 16.9. The number of quaternary nitrogens is 1. The van der Waals surface area contributed by atoms with Gasteiger partial charge in [-0.05, 0) is 24.3 Å². The molecule has 6 heteroatoms. The summed E-state index contributed by atoms with van der Waals surface area (Å²) in [6.07, 6.45) is 2.34. The molecule has 1 N–H and O–H groups in total. The molecule has 2 aromatic rings. The van der Waals surface area contributed by atoms with Gasteiger partial charge in [0, 0.05) is 44.6 Å². The Morgan fingerprint density at radius 1 is 1.07 bits per heavy atom. The van der Waals surface area contributed by atoms with E-state index in [1.54, 1.807) is 7.11 Å². The zero-order chi connectivity index (χ0) is 20.2. The van der Waals surface area contributed by atoms with Crippen LogP contribution in [0, 0.1) is 5.82 Å². The first-order valence-electron chi connectivity index (χ1n) is 10.4. The van der Waals surface area contributed by atoms with E-state index in [0.29, 0.717) is 12.6 Å². The molecule has 4 rings (SSSR count). The first-order chi connectivity index (χ1) is 14.1. The van der Waals surface area contributed by atoms with Gasteiger partial charge in [0.15, 0.2) is 6.54 Å². The third kappa shape index (κ3) is 4.88. The molecule has 0 radical (unpaired) electrons. The summed E-state index contributed by atoms with van der Waals surface area (Å²) in [6, 6.07) is 15.2. The van der Waals surface area contributed by atoms with Crippen LogP contribution in [0.1, 0.15) is 18.4 Å². The topological polar surface area (TPSA) is 37.2 Å². The fraction of sp³-hybridized carbons (Fsp3) is 0.435. The van der Waals surface area contributed by atoms with Gasteiger partial charge in [-0.1, -0.05) is 24.3 Å². The van der Waals surface area contributed by atoms with Crippen molar-refractivity contribution in [3.63, 3.8) is 0 Å². The Kier molecular flexibility index (Phi) is 6.00. The molecule has 0 aromatic heterocycles. The molecule has 1 saturated heterocycles. The molecule has 1 atom stereocenters. The third-order valence-corrected chi connectivity index (χ3v) is 5.94. The maximum Gasteiger partial charge on any atom is 0.277 e. The van der Waals surface area contributed by atoms with Gasteiger partial charge in [-0.3, -0.25) is 4.79 Å². The first-order valence-corrected chi connectivity index (χ1v) is 10.4. The van der Waals surface area contributed by atoms with Crippen LogP contribution in [0.15, 0.2) is 48.5 Å². The SMILES string of the molecule is COc1ccccc1N1CCN(C(=O)C[NH+](Cc2ccc(F)cc2)C2CC2)CC1. The van der Waals surface area contributed by atoms with Crippen LogP contribution in [0.5, 0.6) is 5.75 Å². The Morgan fingerprint density at radius 2 is 1.76 bits per heavy atom. The number of benzene rings is 2. The molecular formula is C23H29FN3O2+. The highest BCUT2D eigenvalue weighted by molar-refractivity contribution is 5.77. The quantitative estimate of drug-likeness (QED) is 0.772. The van der Waals surface area contributed by atoms with Crippen molar-refractivity contribution in [2.45, 2.75) is 25.4 Å². The molecule has 1 amide bonds. The number of nitrogens with zero attached hydrogens (tertiary/aromatic N) is 2. The van der Waals surface area contributed by atoms with Crippen LogP contribution >= 0.6 is 0 Å². The van der Waals surface area contributed by atoms with Gasteiger partial charge < -0.3 is 19.4 Å². The first kappa shape index (κ1) is 19.7. The van der Waals surface area contributed by atoms with E-state index in [1.807, 2.05) is 35.2 Å². The van der Waals surface area contributed by atoms with Crippen molar-refractivity contribution in [2.75, 3.05) is 44.7 Å². The second-order valence-electron chi connectivity index (χ2n) is 7.95. The van der Waals surface area contributed by atoms with Crippen molar-refractivity contribution in [3.05, 3.63) is 59.9 Å². The van der Waals surface area contributed by atoms with Crippen molar-refractivity contribution in [1.82, 2.24) is 4.90 Å². The maximum absolute atomic E-state index is 13.2. The number of rotatable bonds is 7. The number of halogens is 1. The number of methoxy groups -OCH3 is 1. The van der Waals surface area contributed by atoms with E-state index in [9.17, 15) is 9.18 Å². The van der Waals surface area contributed by atoms with E-state index >= 15 is 0 Å². The smallest absolute Gasteiger partial charge is 0.277 e. The Balaban J connectivity index is 1.33. The summed E-state index contributed by atoms with van der Waals surface area (Å²) in [6.45, 7) is 4.36. The van der Waals surface area contributed by atoms with Gasteiger partial charge in [0.25, 0.3) is 5.91 Å². The van der Waals surface area contributed by atoms with E-state index in [0.717, 1.165) is 49.7 Å². The summed E-state index contributed by atoms with van der Waals surface area (Å²) in [4.78, 5) is 18.5. The lowest BCUT2D eigenvalue weighted by Crippen LogP contribution is -3.13. The predicted molar refractivity (Wildman–Crippen MR) is 111 cm³/mol. The highest BCUT2D eigenvalue weighted by Crippen LogP contribution is 2.28. The Bertz CT molecular complexity index is 830. The molecule has 0 bridgehead atoms. The molecule has 5 nitrogen and oxygen atoms in total. The number of hydrogen-bond acceptors (Lipinski definition) is 3. The number of carbonyl (C=O) groups is 1. The average molecular weight is 399 g/mol. The van der Waals surface area contributed by atoms with Crippen LogP contribution in [0.25, 0.3) is 0 Å². The van der Waals surface area contributed by atoms with Gasteiger partial charge in [0.1, 0.15) is 18.1 Å². The predicted octanol–water partition coefficient (Wildman–Crippen LogP) is 1.73. The molecule has 154 valence electrons. The van der Waals surface area contributed by atoms with Crippen LogP contribution in [0.2, 0.25) is 0 Å². The lowest BCUT2D eigenvalue weighted by Gasteiger charge is -2.37. The number of piperazine rings is 1. The summed E-state index contributed by atoms with van der Waals surface area (Å²) >= 11 is 0. The van der Waals surface area contributed by atoms with Crippen LogP contribution in [-0.4, -0.2) is 56.7 Å². The number of ether oxygens (including phenoxy) is 1. The summed E-state index contributed by atoms with van der Waals surface area (Å²) < 4.78 is 18.6. The minimum Gasteiger partial charge on any atom is -0.495 e. The minimum atomic E-state index is -0.217. The molecule has 1 aliphatic carbocycles. The summed E-state index contributed by atoms with van der Waals surface area (Å²) in [7, 11) is 1.69. The van der Waals surface area contributed by atoms with Crippen LogP contribution < -0.4 is 14.5 Å². The molecule has 1 aliphatic heterocycles. The average Bonchev–Trinajstić information content (AvgIpc) is 3.60. The number of amides is 1. The number of para-hydroxylation sites is 2. The number of anilines is 1. The standard InChI is InChI=1S/C23H28FN3O2/c1-29-22-5-3-2-4-21(22)25-12-14-26(15-13-25)23(28)17-27(20-10-11-20)16-18-6-8-19(24)9-7-18/h2-9,20H,10-17H2,1H3/p+1. The maximum atomic E-state index is 13.2. The highest BCUT2D eigenvalue weighted by Gasteiger charge is 2.36. The van der Waals surface area contributed by atoms with Crippen molar-refractivity contribution >= 4 is 11.6 Å². The van der Waals surface area contributed by atoms with E-state index in [-0.39, 0.29) is 11.7 Å². The van der Waals surface area contributed by atoms with Gasteiger partial charge in [-0.15, -0.1) is 0 Å². The van der Waals surface area contributed by atoms with Crippen molar-refractivity contribution in [3.8, 4) is 5.75 Å². The fourth-order valence-electron chi connectivity index (χ4n) is 4.10. The van der Waals surface area contributed by atoms with Gasteiger partial charge in [0.05, 0.1) is 18.8 Å². The largest absolute Gasteiger partial charge is 0.495 e. The number of nitrogens with one attached hydrogen (secondary N) is 1. The molecule has 1 heterocycles. The second kappa shape index (κ2) is 8.82. The molecule has 1 unspecified atom stereocenters. The summed E-state index contributed by atoms with van der Waals surface area (Å²) in [5, 5.41) is 0. The Morgan fingerprint density at radius 3 is 2.41 bits per heavy atom.